The molecular weight excluding hydrogens is 348 g/mol. The van der Waals surface area contributed by atoms with E-state index in [4.69, 9.17) is 0 Å². The summed E-state index contributed by atoms with van der Waals surface area (Å²) in [6.45, 7) is 0. The molecule has 0 N–H and O–H groups in total. The molecule has 2 aliphatic rings. The van der Waals surface area contributed by atoms with Gasteiger partial charge in [-0.1, -0.05) is 37.9 Å². The van der Waals surface area contributed by atoms with Gasteiger partial charge in [-0.2, -0.15) is 17.6 Å². The number of fused-ring (bicyclic) bond motifs is 1. The summed E-state index contributed by atoms with van der Waals surface area (Å²) in [6, 6.07) is 0. The third-order valence-electron chi connectivity index (χ3n) is 2.62. The van der Waals surface area contributed by atoms with Crippen molar-refractivity contribution in [2.45, 2.75) is 23.5 Å². The maximum atomic E-state index is 13.1. The molecule has 7 heteroatoms. The molecule has 1 saturated heterocycles. The van der Waals surface area contributed by atoms with Crippen LogP contribution in [0.15, 0.2) is 10.6 Å². The summed E-state index contributed by atoms with van der Waals surface area (Å²) in [6.07, 6.45) is -6.52. The Morgan fingerprint density at radius 1 is 1.27 bits per heavy atom. The lowest BCUT2D eigenvalue weighted by Gasteiger charge is -2.27. The van der Waals surface area contributed by atoms with Crippen LogP contribution in [-0.2, 0) is 4.74 Å². The van der Waals surface area contributed by atoms with Gasteiger partial charge in [0.15, 0.2) is 0 Å². The Labute approximate surface area is 100 Å². The third kappa shape index (κ3) is 1.86. The molecule has 0 aromatic rings. The highest BCUT2D eigenvalue weighted by Crippen LogP contribution is 2.56. The van der Waals surface area contributed by atoms with Gasteiger partial charge >= 0.3 is 12.2 Å². The highest BCUT2D eigenvalue weighted by Gasteiger charge is 2.67. The van der Waals surface area contributed by atoms with Gasteiger partial charge in [0.1, 0.15) is 0 Å². The number of ether oxygens (including phenoxy) is 1. The molecule has 1 fully saturated rings. The number of hydrogen-bond acceptors (Lipinski definition) is 1. The molecule has 0 saturated carbocycles. The fourth-order valence-electron chi connectivity index (χ4n) is 1.88. The molecule has 15 heavy (non-hydrogen) atoms. The molecule has 0 aromatic carbocycles. The first-order chi connectivity index (χ1) is 6.74. The van der Waals surface area contributed by atoms with Crippen molar-refractivity contribution in [2.24, 2.45) is 11.8 Å². The van der Waals surface area contributed by atoms with Gasteiger partial charge < -0.3 is 0 Å². The average Bonchev–Trinajstić information content (AvgIpc) is 2.21. The van der Waals surface area contributed by atoms with E-state index < -0.39 is 24.1 Å². The minimum atomic E-state index is -3.79. The first-order valence-corrected chi connectivity index (χ1v) is 5.92. The zero-order chi connectivity index (χ0) is 11.4. The second-order valence-corrected chi connectivity index (χ2v) is 5.63. The Morgan fingerprint density at radius 3 is 2.47 bits per heavy atom. The van der Waals surface area contributed by atoms with E-state index in [1.807, 2.05) is 0 Å². The maximum Gasteiger partial charge on any atom is 0.367 e. The summed E-state index contributed by atoms with van der Waals surface area (Å²) in [5, 5.41) is 0. The zero-order valence-electron chi connectivity index (χ0n) is 7.19. The van der Waals surface area contributed by atoms with Crippen LogP contribution in [0.25, 0.3) is 0 Å². The van der Waals surface area contributed by atoms with Crippen LogP contribution in [0.2, 0.25) is 0 Å². The van der Waals surface area contributed by atoms with Crippen molar-refractivity contribution >= 4 is 31.9 Å². The van der Waals surface area contributed by atoms with Crippen molar-refractivity contribution in [3.8, 4) is 0 Å². The van der Waals surface area contributed by atoms with Gasteiger partial charge in [0, 0.05) is 9.31 Å². The predicted molar refractivity (Wildman–Crippen MR) is 52.3 cm³/mol. The van der Waals surface area contributed by atoms with E-state index in [0.29, 0.717) is 4.48 Å². The Bertz CT molecular complexity index is 318. The maximum absolute atomic E-state index is 13.1. The van der Waals surface area contributed by atoms with Crippen molar-refractivity contribution in [2.75, 3.05) is 0 Å². The lowest BCUT2D eigenvalue weighted by Crippen LogP contribution is -2.32. The smallest absolute Gasteiger partial charge is 0.255 e. The molecule has 1 unspecified atom stereocenters. The summed E-state index contributed by atoms with van der Waals surface area (Å²) in [5.41, 5.74) is 0. The molecule has 0 radical (unpaired) electrons. The van der Waals surface area contributed by atoms with E-state index in [1.54, 1.807) is 0 Å². The van der Waals surface area contributed by atoms with E-state index in [2.05, 4.69) is 36.6 Å². The number of alkyl halides is 5. The van der Waals surface area contributed by atoms with Gasteiger partial charge in [-0.05, 0) is 6.42 Å². The van der Waals surface area contributed by atoms with Gasteiger partial charge in [-0.3, -0.25) is 4.74 Å². The topological polar surface area (TPSA) is 9.23 Å². The molecular formula is C8H6Br2F4O. The van der Waals surface area contributed by atoms with E-state index in [9.17, 15) is 17.6 Å². The summed E-state index contributed by atoms with van der Waals surface area (Å²) in [5.74, 6) is -3.03. The summed E-state index contributed by atoms with van der Waals surface area (Å²) >= 11 is 6.19. The highest BCUT2D eigenvalue weighted by atomic mass is 79.9. The Kier molecular flexibility index (Phi) is 2.71. The average molecular weight is 354 g/mol. The molecule has 1 heterocycles. The van der Waals surface area contributed by atoms with Crippen molar-refractivity contribution < 1.29 is 22.3 Å². The molecule has 0 aromatic heterocycles. The molecule has 3 atom stereocenters. The number of hydrogen-bond donors (Lipinski definition) is 0. The third-order valence-corrected chi connectivity index (χ3v) is 4.92. The van der Waals surface area contributed by atoms with Crippen LogP contribution in [0, 0.1) is 11.8 Å². The van der Waals surface area contributed by atoms with Crippen LogP contribution in [0.5, 0.6) is 0 Å². The van der Waals surface area contributed by atoms with Crippen molar-refractivity contribution in [1.82, 2.24) is 0 Å². The zero-order valence-corrected chi connectivity index (χ0v) is 10.4. The fraction of sp³-hybridized carbons (Fsp3) is 0.750. The lowest BCUT2D eigenvalue weighted by molar-refractivity contribution is -0.339. The van der Waals surface area contributed by atoms with Gasteiger partial charge in [-0.15, -0.1) is 0 Å². The number of allylic oxidation sites excluding steroid dienone is 1. The van der Waals surface area contributed by atoms with Crippen LogP contribution in [-0.4, -0.2) is 17.0 Å². The largest absolute Gasteiger partial charge is 0.367 e. The fourth-order valence-corrected chi connectivity index (χ4v) is 2.90. The molecule has 0 bridgehead atoms. The molecule has 1 nitrogen and oxygen atoms in total. The number of halogens is 6. The minimum Gasteiger partial charge on any atom is -0.255 e. The molecule has 86 valence electrons. The quantitative estimate of drug-likeness (QED) is 0.474. The standard InChI is InChI=1S/C8H6Br2F4O/c9-5-1-3-4(2-6(5)10)8(13,14)15-7(3,11)12/h1,3-4,6H,2H2/t3-,4+,6?/m0/s1. The van der Waals surface area contributed by atoms with Crippen LogP contribution in [0.1, 0.15) is 6.42 Å². The van der Waals surface area contributed by atoms with Gasteiger partial charge in [0.2, 0.25) is 0 Å². The molecule has 0 spiro atoms. The molecule has 1 aliphatic carbocycles. The van der Waals surface area contributed by atoms with E-state index >= 15 is 0 Å². The minimum absolute atomic E-state index is 0.0790. The van der Waals surface area contributed by atoms with Crippen molar-refractivity contribution in [3.63, 3.8) is 0 Å². The van der Waals surface area contributed by atoms with E-state index in [-0.39, 0.29) is 11.2 Å². The lowest BCUT2D eigenvalue weighted by atomic mass is 9.84. The van der Waals surface area contributed by atoms with Gasteiger partial charge in [0.25, 0.3) is 0 Å². The second-order valence-electron chi connectivity index (χ2n) is 3.61. The van der Waals surface area contributed by atoms with Gasteiger partial charge in [-0.25, -0.2) is 0 Å². The van der Waals surface area contributed by atoms with Gasteiger partial charge in [0.05, 0.1) is 11.8 Å². The molecule has 2 rings (SSSR count). The monoisotopic (exact) mass is 352 g/mol. The van der Waals surface area contributed by atoms with Crippen LogP contribution >= 0.6 is 31.9 Å². The summed E-state index contributed by atoms with van der Waals surface area (Å²) < 4.78 is 56.4. The normalized spacial score (nSPS) is 42.3. The number of rotatable bonds is 0. The molecule has 1 aliphatic heterocycles. The summed E-state index contributed by atoms with van der Waals surface area (Å²) in [7, 11) is 0. The van der Waals surface area contributed by atoms with E-state index in [0.717, 1.165) is 6.08 Å². The Balaban J connectivity index is 2.39. The molecule has 0 amide bonds. The Hall–Kier alpha value is 0.380. The second kappa shape index (κ2) is 3.43. The predicted octanol–water partition coefficient (Wildman–Crippen LogP) is 3.88. The van der Waals surface area contributed by atoms with Crippen LogP contribution in [0.4, 0.5) is 17.6 Å². The highest BCUT2D eigenvalue weighted by molar-refractivity contribution is 9.14. The van der Waals surface area contributed by atoms with E-state index in [1.165, 1.54) is 0 Å². The van der Waals surface area contributed by atoms with Crippen molar-refractivity contribution in [1.29, 1.82) is 0 Å². The van der Waals surface area contributed by atoms with Crippen LogP contribution < -0.4 is 0 Å². The van der Waals surface area contributed by atoms with Crippen molar-refractivity contribution in [3.05, 3.63) is 10.6 Å². The Morgan fingerprint density at radius 2 is 1.87 bits per heavy atom. The summed E-state index contributed by atoms with van der Waals surface area (Å²) in [4.78, 5) is -0.359. The first kappa shape index (κ1) is 11.9. The first-order valence-electron chi connectivity index (χ1n) is 4.21. The van der Waals surface area contributed by atoms with Crippen LogP contribution in [0.3, 0.4) is 0 Å². The SMILES string of the molecule is FC1(F)OC(F)(F)[C@H]2C=C(Br)C(Br)C[C@H]21.